The van der Waals surface area contributed by atoms with E-state index in [-0.39, 0.29) is 0 Å². The fourth-order valence-corrected chi connectivity index (χ4v) is 8.93. The number of benzene rings is 8. The summed E-state index contributed by atoms with van der Waals surface area (Å²) in [6.45, 7) is 2.12. The SMILES string of the molecule is Cc1cccc2c1oc1c(-c3ccc4c(c3)c3ccccc3n4-c3ccc(-c4c5ccccc5c(C5=CCCC=C5)c5ccccc45)cc3)cccc12. The van der Waals surface area contributed by atoms with E-state index in [0.717, 1.165) is 51.8 Å². The molecule has 2 heterocycles. The molecule has 53 heavy (non-hydrogen) atoms. The topological polar surface area (TPSA) is 18.1 Å². The number of allylic oxidation sites excluding steroid dienone is 4. The molecule has 1 aliphatic rings. The standard InChI is InChI=1S/C51H35NO/c1-32-13-11-22-43-44-23-12-21-37(51(44)53-50(32)43)35-27-30-47-45(31-35)38-16-9-10-24-46(38)52(47)36-28-25-34(26-29-36)49-41-19-7-5-17-39(41)48(33-14-3-2-4-15-33)40-18-6-8-20-42(40)49/h3,5-31H,2,4H2,1H3. The second-order valence-corrected chi connectivity index (χ2v) is 14.3. The maximum atomic E-state index is 6.57. The predicted molar refractivity (Wildman–Crippen MR) is 225 cm³/mol. The molecule has 2 heteroatoms. The first kappa shape index (κ1) is 30.0. The van der Waals surface area contributed by atoms with E-state index >= 15 is 0 Å². The Hall–Kier alpha value is -6.64. The number of aryl methyl sites for hydroxylation is 1. The number of rotatable bonds is 4. The molecule has 0 N–H and O–H groups in total. The van der Waals surface area contributed by atoms with Gasteiger partial charge >= 0.3 is 0 Å². The summed E-state index contributed by atoms with van der Waals surface area (Å²) in [5.74, 6) is 0. The highest BCUT2D eigenvalue weighted by molar-refractivity contribution is 6.20. The summed E-state index contributed by atoms with van der Waals surface area (Å²) in [5.41, 5.74) is 14.0. The number of hydrogen-bond donors (Lipinski definition) is 0. The zero-order valence-corrected chi connectivity index (χ0v) is 29.4. The Morgan fingerprint density at radius 3 is 1.79 bits per heavy atom. The Kier molecular flexibility index (Phi) is 6.63. The maximum Gasteiger partial charge on any atom is 0.143 e. The van der Waals surface area contributed by atoms with Gasteiger partial charge in [0.1, 0.15) is 11.2 Å². The van der Waals surface area contributed by atoms with Crippen LogP contribution in [0.5, 0.6) is 0 Å². The molecule has 0 bridgehead atoms. The van der Waals surface area contributed by atoms with E-state index in [4.69, 9.17) is 4.42 Å². The monoisotopic (exact) mass is 677 g/mol. The summed E-state index contributed by atoms with van der Waals surface area (Å²) in [7, 11) is 0. The van der Waals surface area contributed by atoms with Crippen LogP contribution in [-0.2, 0) is 0 Å². The second-order valence-electron chi connectivity index (χ2n) is 14.3. The Morgan fingerprint density at radius 1 is 0.472 bits per heavy atom. The Bertz CT molecular complexity index is 3110. The average Bonchev–Trinajstić information content (AvgIpc) is 3.77. The molecule has 0 fully saturated rings. The van der Waals surface area contributed by atoms with E-state index in [9.17, 15) is 0 Å². The first-order valence-electron chi connectivity index (χ1n) is 18.6. The summed E-state index contributed by atoms with van der Waals surface area (Å²) >= 11 is 0. The van der Waals surface area contributed by atoms with Gasteiger partial charge in [0.2, 0.25) is 0 Å². The fraction of sp³-hybridized carbons (Fsp3) is 0.0588. The zero-order valence-electron chi connectivity index (χ0n) is 29.4. The van der Waals surface area contributed by atoms with Crippen molar-refractivity contribution < 1.29 is 4.42 Å². The minimum atomic E-state index is 0.940. The highest BCUT2D eigenvalue weighted by Crippen LogP contribution is 2.44. The van der Waals surface area contributed by atoms with E-state index in [1.165, 1.54) is 71.0 Å². The van der Waals surface area contributed by atoms with Crippen molar-refractivity contribution in [1.29, 1.82) is 0 Å². The van der Waals surface area contributed by atoms with Crippen LogP contribution in [0.2, 0.25) is 0 Å². The molecule has 0 spiro atoms. The number of fused-ring (bicyclic) bond motifs is 8. The van der Waals surface area contributed by atoms with E-state index in [2.05, 4.69) is 181 Å². The number of aromatic nitrogens is 1. The summed E-state index contributed by atoms with van der Waals surface area (Å²) < 4.78 is 8.98. The quantitative estimate of drug-likeness (QED) is 0.170. The smallest absolute Gasteiger partial charge is 0.143 e. The number of furan rings is 1. The molecule has 250 valence electrons. The van der Waals surface area contributed by atoms with Crippen molar-refractivity contribution in [3.05, 3.63) is 181 Å². The van der Waals surface area contributed by atoms with Crippen LogP contribution in [0.3, 0.4) is 0 Å². The highest BCUT2D eigenvalue weighted by Gasteiger charge is 2.19. The normalized spacial score (nSPS) is 13.3. The minimum absolute atomic E-state index is 0.940. The van der Waals surface area contributed by atoms with E-state index in [1.54, 1.807) is 0 Å². The molecule has 2 aromatic heterocycles. The lowest BCUT2D eigenvalue weighted by atomic mass is 9.85. The third kappa shape index (κ3) is 4.52. The molecule has 10 aromatic rings. The van der Waals surface area contributed by atoms with E-state index in [0.29, 0.717) is 0 Å². The van der Waals surface area contributed by atoms with Gasteiger partial charge in [-0.3, -0.25) is 0 Å². The van der Waals surface area contributed by atoms with Gasteiger partial charge in [-0.05, 0) is 105 Å². The molecule has 0 unspecified atom stereocenters. The first-order chi connectivity index (χ1) is 26.2. The van der Waals surface area contributed by atoms with Crippen molar-refractivity contribution in [2.24, 2.45) is 0 Å². The van der Waals surface area contributed by atoms with Crippen LogP contribution in [0.1, 0.15) is 24.0 Å². The van der Waals surface area contributed by atoms with Crippen LogP contribution in [-0.4, -0.2) is 4.57 Å². The summed E-state index contributed by atoms with van der Waals surface area (Å²) in [4.78, 5) is 0. The molecule has 0 saturated carbocycles. The Balaban J connectivity index is 1.07. The molecule has 8 aromatic carbocycles. The summed E-state index contributed by atoms with van der Waals surface area (Å²) in [6.07, 6.45) is 9.20. The molecule has 0 atom stereocenters. The molecule has 1 aliphatic carbocycles. The van der Waals surface area contributed by atoms with Gasteiger partial charge in [0.15, 0.2) is 0 Å². The van der Waals surface area contributed by atoms with Gasteiger partial charge in [0.25, 0.3) is 0 Å². The highest BCUT2D eigenvalue weighted by atomic mass is 16.3. The van der Waals surface area contributed by atoms with Crippen LogP contribution in [0.15, 0.2) is 174 Å². The van der Waals surface area contributed by atoms with Crippen molar-refractivity contribution in [3.8, 4) is 27.9 Å². The number of hydrogen-bond acceptors (Lipinski definition) is 1. The predicted octanol–water partition coefficient (Wildman–Crippen LogP) is 14.4. The Labute approximate surface area is 307 Å². The number of nitrogens with zero attached hydrogens (tertiary/aromatic N) is 1. The third-order valence-electron chi connectivity index (χ3n) is 11.3. The first-order valence-corrected chi connectivity index (χ1v) is 18.6. The van der Waals surface area contributed by atoms with Gasteiger partial charge in [-0.2, -0.15) is 0 Å². The van der Waals surface area contributed by atoms with Crippen LogP contribution in [0.4, 0.5) is 0 Å². The molecule has 0 saturated heterocycles. The largest absolute Gasteiger partial charge is 0.455 e. The van der Waals surface area contributed by atoms with Gasteiger partial charge in [-0.25, -0.2) is 0 Å². The lowest BCUT2D eigenvalue weighted by molar-refractivity contribution is 0.667. The van der Waals surface area contributed by atoms with Crippen molar-refractivity contribution in [2.45, 2.75) is 19.8 Å². The maximum absolute atomic E-state index is 6.57. The molecule has 0 aliphatic heterocycles. The molecular formula is C51H35NO. The van der Waals surface area contributed by atoms with Crippen LogP contribution in [0, 0.1) is 6.92 Å². The van der Waals surface area contributed by atoms with Gasteiger partial charge in [0.05, 0.1) is 11.0 Å². The molecule has 0 amide bonds. The van der Waals surface area contributed by atoms with Gasteiger partial charge in [-0.1, -0.05) is 140 Å². The fourth-order valence-electron chi connectivity index (χ4n) is 8.93. The van der Waals surface area contributed by atoms with Crippen molar-refractivity contribution in [2.75, 3.05) is 0 Å². The molecule has 2 nitrogen and oxygen atoms in total. The van der Waals surface area contributed by atoms with Crippen LogP contribution in [0.25, 0.3) is 98.8 Å². The minimum Gasteiger partial charge on any atom is -0.455 e. The lowest BCUT2D eigenvalue weighted by Gasteiger charge is -2.19. The lowest BCUT2D eigenvalue weighted by Crippen LogP contribution is -1.96. The molecular weight excluding hydrogens is 643 g/mol. The van der Waals surface area contributed by atoms with Gasteiger partial charge in [0, 0.05) is 32.8 Å². The Morgan fingerprint density at radius 2 is 1.08 bits per heavy atom. The number of para-hydroxylation sites is 3. The van der Waals surface area contributed by atoms with Crippen molar-refractivity contribution in [3.63, 3.8) is 0 Å². The second kappa shape index (κ2) is 11.7. The van der Waals surface area contributed by atoms with Crippen molar-refractivity contribution >= 4 is 70.9 Å². The van der Waals surface area contributed by atoms with E-state index < -0.39 is 0 Å². The van der Waals surface area contributed by atoms with Crippen molar-refractivity contribution in [1.82, 2.24) is 4.57 Å². The van der Waals surface area contributed by atoms with E-state index in [1.807, 2.05) is 0 Å². The van der Waals surface area contributed by atoms with Crippen LogP contribution < -0.4 is 0 Å². The van der Waals surface area contributed by atoms with Gasteiger partial charge in [-0.15, -0.1) is 0 Å². The summed E-state index contributed by atoms with van der Waals surface area (Å²) in [6, 6.07) is 55.6. The van der Waals surface area contributed by atoms with Crippen LogP contribution >= 0.6 is 0 Å². The van der Waals surface area contributed by atoms with Gasteiger partial charge < -0.3 is 8.98 Å². The summed E-state index contributed by atoms with van der Waals surface area (Å²) in [5, 5.41) is 9.95. The zero-order chi connectivity index (χ0) is 35.0. The molecule has 11 rings (SSSR count). The molecule has 0 radical (unpaired) electrons. The average molecular weight is 678 g/mol. The third-order valence-corrected chi connectivity index (χ3v) is 11.3.